The largest absolute Gasteiger partial charge is 0.357 e. The Kier molecular flexibility index (Phi) is 5.00. The summed E-state index contributed by atoms with van der Waals surface area (Å²) in [7, 11) is 0. The van der Waals surface area contributed by atoms with E-state index in [4.69, 9.17) is 0 Å². The van der Waals surface area contributed by atoms with E-state index < -0.39 is 0 Å². The molecule has 26 heavy (non-hydrogen) atoms. The van der Waals surface area contributed by atoms with Gasteiger partial charge in [-0.1, -0.05) is 0 Å². The maximum absolute atomic E-state index is 12.2. The smallest absolute Gasteiger partial charge is 0.319 e. The number of carbonyl (C=O) groups excluding carboxylic acids is 1. The van der Waals surface area contributed by atoms with Crippen LogP contribution in [0.25, 0.3) is 0 Å². The lowest BCUT2D eigenvalue weighted by atomic mass is 9.96. The van der Waals surface area contributed by atoms with E-state index in [0.29, 0.717) is 6.54 Å². The Balaban J connectivity index is 1.33. The molecule has 0 radical (unpaired) electrons. The highest BCUT2D eigenvalue weighted by Crippen LogP contribution is 2.22. The number of carbonyl (C=O) groups is 1. The van der Waals surface area contributed by atoms with Gasteiger partial charge in [-0.3, -0.25) is 4.98 Å². The Labute approximate surface area is 154 Å². The number of nitrogens with zero attached hydrogens (tertiary/aromatic N) is 3. The van der Waals surface area contributed by atoms with Gasteiger partial charge in [-0.15, -0.1) is 0 Å². The van der Waals surface area contributed by atoms with Gasteiger partial charge in [0.1, 0.15) is 5.82 Å². The van der Waals surface area contributed by atoms with E-state index in [1.54, 1.807) is 6.20 Å². The molecule has 2 N–H and O–H groups in total. The molecule has 136 valence electrons. The van der Waals surface area contributed by atoms with Crippen LogP contribution < -0.4 is 15.5 Å². The molecule has 3 heterocycles. The molecule has 2 aromatic rings. The second-order valence-corrected chi connectivity index (χ2v) is 7.06. The van der Waals surface area contributed by atoms with Gasteiger partial charge >= 0.3 is 6.03 Å². The molecule has 0 aromatic carbocycles. The molecule has 0 saturated carbocycles. The lowest BCUT2D eigenvalue weighted by molar-refractivity contribution is 0.251. The third kappa shape index (κ3) is 3.95. The molecule has 2 aromatic heterocycles. The van der Waals surface area contributed by atoms with Crippen molar-refractivity contribution < 1.29 is 4.79 Å². The summed E-state index contributed by atoms with van der Waals surface area (Å²) in [4.78, 5) is 23.4. The van der Waals surface area contributed by atoms with Gasteiger partial charge < -0.3 is 15.5 Å². The zero-order valence-electron chi connectivity index (χ0n) is 15.0. The Morgan fingerprint density at radius 2 is 1.92 bits per heavy atom. The highest BCUT2D eigenvalue weighted by Gasteiger charge is 2.14. The van der Waals surface area contributed by atoms with Crippen molar-refractivity contribution in [3.63, 3.8) is 0 Å². The van der Waals surface area contributed by atoms with Crippen molar-refractivity contribution in [1.82, 2.24) is 15.3 Å². The van der Waals surface area contributed by atoms with Gasteiger partial charge in [0.05, 0.1) is 11.9 Å². The predicted octanol–water partition coefficient (Wildman–Crippen LogP) is 3.28. The van der Waals surface area contributed by atoms with E-state index in [1.807, 2.05) is 12.3 Å². The normalized spacial score (nSPS) is 16.2. The summed E-state index contributed by atoms with van der Waals surface area (Å²) >= 11 is 0. The van der Waals surface area contributed by atoms with Crippen molar-refractivity contribution in [3.8, 4) is 0 Å². The third-order valence-corrected chi connectivity index (χ3v) is 5.12. The molecule has 1 aliphatic heterocycles. The molecule has 6 heteroatoms. The number of hydrogen-bond donors (Lipinski definition) is 2. The van der Waals surface area contributed by atoms with Crippen LogP contribution in [-0.2, 0) is 19.4 Å². The maximum Gasteiger partial charge on any atom is 0.319 e. The lowest BCUT2D eigenvalue weighted by Crippen LogP contribution is -2.28. The number of rotatable bonds is 4. The second kappa shape index (κ2) is 7.72. The van der Waals surface area contributed by atoms with E-state index >= 15 is 0 Å². The second-order valence-electron chi connectivity index (χ2n) is 7.06. The van der Waals surface area contributed by atoms with Gasteiger partial charge in [-0.2, -0.15) is 0 Å². The lowest BCUT2D eigenvalue weighted by Gasteiger charge is -2.17. The minimum absolute atomic E-state index is 0.206. The van der Waals surface area contributed by atoms with Gasteiger partial charge in [0, 0.05) is 31.5 Å². The summed E-state index contributed by atoms with van der Waals surface area (Å²) in [5, 5.41) is 5.81. The maximum atomic E-state index is 12.2. The van der Waals surface area contributed by atoms with Crippen LogP contribution in [0.4, 0.5) is 16.3 Å². The summed E-state index contributed by atoms with van der Waals surface area (Å²) in [6.07, 6.45) is 10.5. The fourth-order valence-electron chi connectivity index (χ4n) is 3.70. The van der Waals surface area contributed by atoms with Crippen LogP contribution in [0.5, 0.6) is 0 Å². The first-order valence-electron chi connectivity index (χ1n) is 9.50. The van der Waals surface area contributed by atoms with Crippen LogP contribution in [0, 0.1) is 0 Å². The van der Waals surface area contributed by atoms with Crippen molar-refractivity contribution in [3.05, 3.63) is 47.4 Å². The SMILES string of the molecule is O=C(NCc1ccnc(N2CCCC2)c1)Nc1cnc2c(c1)CCCC2. The van der Waals surface area contributed by atoms with Crippen molar-refractivity contribution in [2.45, 2.75) is 45.1 Å². The molecular formula is C20H25N5O. The van der Waals surface area contributed by atoms with Gasteiger partial charge in [0.25, 0.3) is 0 Å². The monoisotopic (exact) mass is 351 g/mol. The molecule has 2 amide bonds. The van der Waals surface area contributed by atoms with Crippen LogP contribution >= 0.6 is 0 Å². The molecule has 1 aliphatic carbocycles. The molecule has 0 spiro atoms. The zero-order chi connectivity index (χ0) is 17.8. The summed E-state index contributed by atoms with van der Waals surface area (Å²) in [5.74, 6) is 1.00. The topological polar surface area (TPSA) is 70.2 Å². The van der Waals surface area contributed by atoms with E-state index in [9.17, 15) is 4.79 Å². The first-order valence-corrected chi connectivity index (χ1v) is 9.50. The Bertz CT molecular complexity index is 786. The average molecular weight is 351 g/mol. The number of amides is 2. The highest BCUT2D eigenvalue weighted by molar-refractivity contribution is 5.89. The van der Waals surface area contributed by atoms with Crippen LogP contribution in [0.15, 0.2) is 30.6 Å². The molecule has 0 unspecified atom stereocenters. The van der Waals surface area contributed by atoms with E-state index in [2.05, 4.69) is 37.6 Å². The first kappa shape index (κ1) is 16.8. The predicted molar refractivity (Wildman–Crippen MR) is 102 cm³/mol. The summed E-state index contributed by atoms with van der Waals surface area (Å²) < 4.78 is 0. The zero-order valence-corrected chi connectivity index (χ0v) is 15.0. The quantitative estimate of drug-likeness (QED) is 0.887. The molecule has 1 fully saturated rings. The fraction of sp³-hybridized carbons (Fsp3) is 0.450. The van der Waals surface area contributed by atoms with Gasteiger partial charge in [-0.25, -0.2) is 9.78 Å². The molecule has 0 bridgehead atoms. The van der Waals surface area contributed by atoms with E-state index in [-0.39, 0.29) is 6.03 Å². The molecule has 4 rings (SSSR count). The summed E-state index contributed by atoms with van der Waals surface area (Å²) in [6, 6.07) is 5.85. The Morgan fingerprint density at radius 1 is 1.08 bits per heavy atom. The van der Waals surface area contributed by atoms with Gasteiger partial charge in [0.2, 0.25) is 0 Å². The number of anilines is 2. The van der Waals surface area contributed by atoms with Crippen LogP contribution in [0.3, 0.4) is 0 Å². The van der Waals surface area contributed by atoms with Crippen LogP contribution in [0.1, 0.15) is 42.5 Å². The molecule has 0 atom stereocenters. The number of aromatic nitrogens is 2. The number of pyridine rings is 2. The van der Waals surface area contributed by atoms with Crippen LogP contribution in [0.2, 0.25) is 0 Å². The minimum atomic E-state index is -0.206. The van der Waals surface area contributed by atoms with Gasteiger partial charge in [0.15, 0.2) is 0 Å². The number of fused-ring (bicyclic) bond motifs is 1. The van der Waals surface area contributed by atoms with Crippen molar-refractivity contribution in [2.75, 3.05) is 23.3 Å². The fourth-order valence-corrected chi connectivity index (χ4v) is 3.70. The van der Waals surface area contributed by atoms with Crippen LogP contribution in [-0.4, -0.2) is 29.1 Å². The molecule has 2 aliphatic rings. The Morgan fingerprint density at radius 3 is 2.81 bits per heavy atom. The van der Waals surface area contributed by atoms with Crippen molar-refractivity contribution in [1.29, 1.82) is 0 Å². The number of aryl methyl sites for hydroxylation is 2. The molecule has 1 saturated heterocycles. The first-order chi connectivity index (χ1) is 12.8. The van der Waals surface area contributed by atoms with Gasteiger partial charge in [-0.05, 0) is 67.9 Å². The molecular weight excluding hydrogens is 326 g/mol. The highest BCUT2D eigenvalue weighted by atomic mass is 16.2. The summed E-state index contributed by atoms with van der Waals surface area (Å²) in [6.45, 7) is 2.61. The average Bonchev–Trinajstić information content (AvgIpc) is 3.21. The van der Waals surface area contributed by atoms with Crippen molar-refractivity contribution >= 4 is 17.5 Å². The van der Waals surface area contributed by atoms with E-state index in [1.165, 1.54) is 36.9 Å². The standard InChI is InChI=1S/C20H25N5O/c26-20(24-17-12-16-5-1-2-6-18(16)22-14-17)23-13-15-7-8-21-19(11-15)25-9-3-4-10-25/h7-8,11-12,14H,1-6,9-10,13H2,(H2,23,24,26). The number of urea groups is 1. The summed E-state index contributed by atoms with van der Waals surface area (Å²) in [5.41, 5.74) is 4.25. The third-order valence-electron chi connectivity index (χ3n) is 5.12. The van der Waals surface area contributed by atoms with Crippen molar-refractivity contribution in [2.24, 2.45) is 0 Å². The molecule has 6 nitrogen and oxygen atoms in total. The Hall–Kier alpha value is -2.63. The number of nitrogens with one attached hydrogen (secondary N) is 2. The number of hydrogen-bond acceptors (Lipinski definition) is 4. The minimum Gasteiger partial charge on any atom is -0.357 e. The van der Waals surface area contributed by atoms with E-state index in [0.717, 1.165) is 43.0 Å².